The van der Waals surface area contributed by atoms with E-state index in [1.807, 2.05) is 0 Å². The number of fused-ring (bicyclic) bond motifs is 1. The Morgan fingerprint density at radius 2 is 1.59 bits per heavy atom. The highest BCUT2D eigenvalue weighted by Gasteiger charge is 2.08. The van der Waals surface area contributed by atoms with Gasteiger partial charge < -0.3 is 10.2 Å². The molecule has 0 spiro atoms. The second-order valence-corrected chi connectivity index (χ2v) is 3.85. The molecule has 0 aliphatic carbocycles. The Bertz CT molecular complexity index is 671. The molecule has 0 bridgehead atoms. The Morgan fingerprint density at radius 1 is 0.882 bits per heavy atom. The predicted octanol–water partition coefficient (Wildman–Crippen LogP) is 2.64. The van der Waals surface area contributed by atoms with Gasteiger partial charge in [0.1, 0.15) is 17.2 Å². The first-order chi connectivity index (χ1) is 8.24. The molecule has 4 heteroatoms. The van der Waals surface area contributed by atoms with Crippen LogP contribution >= 0.6 is 0 Å². The van der Waals surface area contributed by atoms with Crippen LogP contribution in [-0.4, -0.2) is 20.4 Å². The third kappa shape index (κ3) is 1.59. The molecule has 0 amide bonds. The molecule has 84 valence electrons. The number of hydrogen-bond donors (Lipinski definition) is 3. The number of nitrogens with zero attached hydrogens (tertiary/aromatic N) is 1. The number of nitrogens with one attached hydrogen (secondary N) is 1. The van der Waals surface area contributed by atoms with Crippen LogP contribution in [0, 0.1) is 0 Å². The first kappa shape index (κ1) is 9.72. The van der Waals surface area contributed by atoms with E-state index in [1.165, 1.54) is 0 Å². The fourth-order valence-electron chi connectivity index (χ4n) is 1.84. The fraction of sp³-hybridized carbons (Fsp3) is 0. The molecule has 1 aromatic heterocycles. The zero-order valence-corrected chi connectivity index (χ0v) is 8.88. The third-order valence-electron chi connectivity index (χ3n) is 2.69. The smallest absolute Gasteiger partial charge is 0.116 e. The summed E-state index contributed by atoms with van der Waals surface area (Å²) >= 11 is 0. The van der Waals surface area contributed by atoms with E-state index in [-0.39, 0.29) is 11.5 Å². The largest absolute Gasteiger partial charge is 0.508 e. The van der Waals surface area contributed by atoms with Crippen LogP contribution in [-0.2, 0) is 0 Å². The SMILES string of the molecule is Oc1ccc(-c2n[nH]c3ccc(O)cc23)cc1. The number of aromatic nitrogens is 2. The quantitative estimate of drug-likeness (QED) is 0.597. The zero-order valence-electron chi connectivity index (χ0n) is 8.88. The van der Waals surface area contributed by atoms with Gasteiger partial charge in [-0.2, -0.15) is 5.10 Å². The molecular weight excluding hydrogens is 216 g/mol. The van der Waals surface area contributed by atoms with Gasteiger partial charge in [-0.05, 0) is 42.5 Å². The lowest BCUT2D eigenvalue weighted by Gasteiger charge is -1.98. The summed E-state index contributed by atoms with van der Waals surface area (Å²) in [4.78, 5) is 0. The van der Waals surface area contributed by atoms with Crippen LogP contribution in [0.5, 0.6) is 11.5 Å². The van der Waals surface area contributed by atoms with Crippen molar-refractivity contribution in [2.45, 2.75) is 0 Å². The molecule has 17 heavy (non-hydrogen) atoms. The van der Waals surface area contributed by atoms with Crippen molar-refractivity contribution in [1.29, 1.82) is 0 Å². The van der Waals surface area contributed by atoms with Crippen LogP contribution in [0.1, 0.15) is 0 Å². The Hall–Kier alpha value is -2.49. The lowest BCUT2D eigenvalue weighted by Crippen LogP contribution is -1.78. The van der Waals surface area contributed by atoms with Crippen molar-refractivity contribution >= 4 is 10.9 Å². The molecular formula is C13H10N2O2. The van der Waals surface area contributed by atoms with E-state index in [9.17, 15) is 10.2 Å². The van der Waals surface area contributed by atoms with E-state index in [2.05, 4.69) is 10.2 Å². The topological polar surface area (TPSA) is 69.1 Å². The average molecular weight is 226 g/mol. The van der Waals surface area contributed by atoms with Gasteiger partial charge in [-0.25, -0.2) is 0 Å². The van der Waals surface area contributed by atoms with Gasteiger partial charge in [0, 0.05) is 10.9 Å². The molecule has 0 aliphatic rings. The summed E-state index contributed by atoms with van der Waals surface area (Å²) in [6.07, 6.45) is 0. The second-order valence-electron chi connectivity index (χ2n) is 3.85. The number of benzene rings is 2. The van der Waals surface area contributed by atoms with Gasteiger partial charge in [0.2, 0.25) is 0 Å². The van der Waals surface area contributed by atoms with E-state index in [0.29, 0.717) is 0 Å². The monoisotopic (exact) mass is 226 g/mol. The normalized spacial score (nSPS) is 10.8. The minimum absolute atomic E-state index is 0.207. The van der Waals surface area contributed by atoms with E-state index in [1.54, 1.807) is 42.5 Å². The predicted molar refractivity (Wildman–Crippen MR) is 64.9 cm³/mol. The lowest BCUT2D eigenvalue weighted by molar-refractivity contribution is 0.475. The van der Waals surface area contributed by atoms with Gasteiger partial charge in [0.15, 0.2) is 0 Å². The van der Waals surface area contributed by atoms with Gasteiger partial charge in [-0.15, -0.1) is 0 Å². The molecule has 0 radical (unpaired) electrons. The van der Waals surface area contributed by atoms with E-state index in [4.69, 9.17) is 0 Å². The van der Waals surface area contributed by atoms with Gasteiger partial charge in [-0.1, -0.05) is 0 Å². The highest BCUT2D eigenvalue weighted by Crippen LogP contribution is 2.29. The number of H-pyrrole nitrogens is 1. The molecule has 4 nitrogen and oxygen atoms in total. The zero-order chi connectivity index (χ0) is 11.8. The molecule has 1 heterocycles. The summed E-state index contributed by atoms with van der Waals surface area (Å²) in [5.74, 6) is 0.426. The van der Waals surface area contributed by atoms with Crippen LogP contribution < -0.4 is 0 Å². The van der Waals surface area contributed by atoms with Crippen molar-refractivity contribution in [3.8, 4) is 22.8 Å². The van der Waals surface area contributed by atoms with Crippen molar-refractivity contribution in [2.75, 3.05) is 0 Å². The fourth-order valence-corrected chi connectivity index (χ4v) is 1.84. The summed E-state index contributed by atoms with van der Waals surface area (Å²) < 4.78 is 0. The molecule has 2 aromatic carbocycles. The molecule has 3 aromatic rings. The summed E-state index contributed by atoms with van der Waals surface area (Å²) in [6.45, 7) is 0. The highest BCUT2D eigenvalue weighted by atomic mass is 16.3. The molecule has 0 atom stereocenters. The number of hydrogen-bond acceptors (Lipinski definition) is 3. The van der Waals surface area contributed by atoms with Crippen LogP contribution in [0.3, 0.4) is 0 Å². The molecule has 3 rings (SSSR count). The van der Waals surface area contributed by atoms with Crippen LogP contribution in [0.2, 0.25) is 0 Å². The van der Waals surface area contributed by atoms with Gasteiger partial charge in [0.25, 0.3) is 0 Å². The van der Waals surface area contributed by atoms with Gasteiger partial charge >= 0.3 is 0 Å². The Balaban J connectivity index is 2.23. The van der Waals surface area contributed by atoms with E-state index >= 15 is 0 Å². The van der Waals surface area contributed by atoms with Crippen LogP contribution in [0.4, 0.5) is 0 Å². The highest BCUT2D eigenvalue weighted by molar-refractivity contribution is 5.93. The first-order valence-electron chi connectivity index (χ1n) is 5.20. The minimum Gasteiger partial charge on any atom is -0.508 e. The molecule has 3 N–H and O–H groups in total. The summed E-state index contributed by atoms with van der Waals surface area (Å²) in [7, 11) is 0. The van der Waals surface area contributed by atoms with Crippen molar-refractivity contribution < 1.29 is 10.2 Å². The van der Waals surface area contributed by atoms with Gasteiger partial charge in [-0.3, -0.25) is 5.10 Å². The van der Waals surface area contributed by atoms with Crippen molar-refractivity contribution in [1.82, 2.24) is 10.2 Å². The molecule has 0 saturated carbocycles. The summed E-state index contributed by atoms with van der Waals surface area (Å²) in [5.41, 5.74) is 2.52. The van der Waals surface area contributed by atoms with Crippen molar-refractivity contribution in [3.63, 3.8) is 0 Å². The molecule has 0 unspecified atom stereocenters. The third-order valence-corrected chi connectivity index (χ3v) is 2.69. The Morgan fingerprint density at radius 3 is 2.35 bits per heavy atom. The van der Waals surface area contributed by atoms with E-state index in [0.717, 1.165) is 22.2 Å². The Labute approximate surface area is 97.2 Å². The number of rotatable bonds is 1. The second kappa shape index (κ2) is 3.52. The van der Waals surface area contributed by atoms with Gasteiger partial charge in [0.05, 0.1) is 5.52 Å². The van der Waals surface area contributed by atoms with Crippen molar-refractivity contribution in [2.24, 2.45) is 0 Å². The number of aromatic hydroxyl groups is 2. The maximum absolute atomic E-state index is 9.48. The first-order valence-corrected chi connectivity index (χ1v) is 5.20. The molecule has 0 fully saturated rings. The minimum atomic E-state index is 0.207. The lowest BCUT2D eigenvalue weighted by atomic mass is 10.1. The maximum Gasteiger partial charge on any atom is 0.116 e. The van der Waals surface area contributed by atoms with Crippen LogP contribution in [0.15, 0.2) is 42.5 Å². The molecule has 0 saturated heterocycles. The summed E-state index contributed by atoms with van der Waals surface area (Å²) in [6, 6.07) is 11.9. The van der Waals surface area contributed by atoms with E-state index < -0.39 is 0 Å². The average Bonchev–Trinajstić information content (AvgIpc) is 2.73. The number of phenolic OH excluding ortho intramolecular Hbond substituents is 2. The maximum atomic E-state index is 9.48. The summed E-state index contributed by atoms with van der Waals surface area (Å²) in [5, 5.41) is 26.7. The van der Waals surface area contributed by atoms with Crippen molar-refractivity contribution in [3.05, 3.63) is 42.5 Å². The van der Waals surface area contributed by atoms with Crippen LogP contribution in [0.25, 0.3) is 22.2 Å². The number of phenols is 2. The Kier molecular flexibility index (Phi) is 2.01. The molecule has 0 aliphatic heterocycles. The number of aromatic amines is 1. The standard InChI is InChI=1S/C13H10N2O2/c16-9-3-1-8(2-4-9)13-11-7-10(17)5-6-12(11)14-15-13/h1-7,16-17H,(H,14,15).